The molecule has 0 saturated heterocycles. The van der Waals surface area contributed by atoms with Crippen molar-refractivity contribution in [1.82, 2.24) is 9.55 Å². The number of hydrogen-bond donors (Lipinski definition) is 0. The van der Waals surface area contributed by atoms with E-state index in [9.17, 15) is 0 Å². The van der Waals surface area contributed by atoms with Crippen molar-refractivity contribution < 1.29 is 0 Å². The third-order valence-corrected chi connectivity index (χ3v) is 11.3. The molecule has 0 spiro atoms. The molecule has 0 N–H and O–H groups in total. The van der Waals surface area contributed by atoms with Crippen molar-refractivity contribution in [3.05, 3.63) is 218 Å². The summed E-state index contributed by atoms with van der Waals surface area (Å²) in [5.41, 5.74) is 13.7. The van der Waals surface area contributed by atoms with Crippen LogP contribution in [0.4, 0.5) is 0 Å². The van der Waals surface area contributed by atoms with Crippen molar-refractivity contribution >= 4 is 43.4 Å². The van der Waals surface area contributed by atoms with E-state index in [-0.39, 0.29) is 0 Å². The number of hydrogen-bond acceptors (Lipinski definition) is 1. The van der Waals surface area contributed by atoms with Gasteiger partial charge in [0.2, 0.25) is 0 Å². The van der Waals surface area contributed by atoms with Crippen LogP contribution in [0.2, 0.25) is 0 Å². The number of benzene rings is 10. The van der Waals surface area contributed by atoms with E-state index in [1.165, 1.54) is 60.1 Å². The number of imidazole rings is 1. The van der Waals surface area contributed by atoms with Gasteiger partial charge in [-0.1, -0.05) is 170 Å². The molecule has 0 saturated carbocycles. The second-order valence-corrected chi connectivity index (χ2v) is 14.7. The molecule has 10 aromatic carbocycles. The second-order valence-electron chi connectivity index (χ2n) is 14.7. The van der Waals surface area contributed by atoms with Crippen LogP contribution in [0.1, 0.15) is 0 Å². The Morgan fingerprint density at radius 3 is 1.33 bits per heavy atom. The van der Waals surface area contributed by atoms with E-state index >= 15 is 0 Å². The Morgan fingerprint density at radius 1 is 0.298 bits per heavy atom. The van der Waals surface area contributed by atoms with Gasteiger partial charge in [0.25, 0.3) is 0 Å². The van der Waals surface area contributed by atoms with E-state index in [0.29, 0.717) is 0 Å². The Labute approximate surface area is 331 Å². The lowest BCUT2D eigenvalue weighted by molar-refractivity contribution is 1.10. The van der Waals surface area contributed by atoms with E-state index < -0.39 is 0 Å². The summed E-state index contributed by atoms with van der Waals surface area (Å²) in [5, 5.41) is 7.42. The van der Waals surface area contributed by atoms with Crippen molar-refractivity contribution in [3.63, 3.8) is 0 Å². The average Bonchev–Trinajstić information content (AvgIpc) is 3.68. The molecule has 2 nitrogen and oxygen atoms in total. The minimum absolute atomic E-state index is 0.907. The van der Waals surface area contributed by atoms with Crippen molar-refractivity contribution in [1.29, 1.82) is 0 Å². The molecule has 0 fully saturated rings. The summed E-state index contributed by atoms with van der Waals surface area (Å²) >= 11 is 0. The van der Waals surface area contributed by atoms with Gasteiger partial charge < -0.3 is 0 Å². The summed E-state index contributed by atoms with van der Waals surface area (Å²) in [6.45, 7) is 0. The standard InChI is InChI=1S/C55H36N2/c1-4-16-37(17-5-1)43-33-44(38-18-6-2-7-19-38)35-45(34-43)55-56-51-36-42(30-31-52(51)57(55)46-22-8-3-9-23-46)54-49-26-14-12-24-47(49)53(48-25-13-15-27-50(48)54)41-29-28-39-20-10-11-21-40(39)32-41/h1-36H. The molecular weight excluding hydrogens is 689 g/mol. The van der Waals surface area contributed by atoms with Gasteiger partial charge in [-0.25, -0.2) is 4.98 Å². The Kier molecular flexibility index (Phi) is 7.86. The first-order valence-corrected chi connectivity index (χ1v) is 19.5. The van der Waals surface area contributed by atoms with Crippen molar-refractivity contribution in [2.45, 2.75) is 0 Å². The van der Waals surface area contributed by atoms with Gasteiger partial charge >= 0.3 is 0 Å². The molecule has 0 unspecified atom stereocenters. The third kappa shape index (κ3) is 5.70. The lowest BCUT2D eigenvalue weighted by Gasteiger charge is -2.18. The van der Waals surface area contributed by atoms with Crippen molar-refractivity contribution in [3.8, 4) is 61.6 Å². The predicted octanol–water partition coefficient (Wildman–Crippen LogP) is 14.8. The normalized spacial score (nSPS) is 11.5. The molecule has 0 aliphatic heterocycles. The van der Waals surface area contributed by atoms with Gasteiger partial charge in [0.05, 0.1) is 11.0 Å². The maximum absolute atomic E-state index is 5.53. The zero-order valence-corrected chi connectivity index (χ0v) is 31.2. The number of rotatable bonds is 6. The van der Waals surface area contributed by atoms with Crippen molar-refractivity contribution in [2.75, 3.05) is 0 Å². The van der Waals surface area contributed by atoms with E-state index in [1.54, 1.807) is 0 Å². The molecule has 2 heteroatoms. The summed E-state index contributed by atoms with van der Waals surface area (Å²) in [6, 6.07) is 78.8. The van der Waals surface area contributed by atoms with Crippen LogP contribution in [-0.2, 0) is 0 Å². The van der Waals surface area contributed by atoms with Crippen LogP contribution in [-0.4, -0.2) is 9.55 Å². The molecule has 266 valence electrons. The molecule has 0 aliphatic carbocycles. The smallest absolute Gasteiger partial charge is 0.145 e. The number of fused-ring (bicyclic) bond motifs is 4. The SMILES string of the molecule is c1ccc(-c2cc(-c3ccccc3)cc(-c3nc4cc(-c5c6ccccc6c(-c6ccc7ccccc7c6)c6ccccc56)ccc4n3-c3ccccc3)c2)cc1. The maximum atomic E-state index is 5.53. The molecule has 0 radical (unpaired) electrons. The Hall–Kier alpha value is -7.55. The molecule has 0 amide bonds. The van der Waals surface area contributed by atoms with Gasteiger partial charge in [0.15, 0.2) is 0 Å². The summed E-state index contributed by atoms with van der Waals surface area (Å²) in [6.07, 6.45) is 0. The van der Waals surface area contributed by atoms with Crippen LogP contribution < -0.4 is 0 Å². The summed E-state index contributed by atoms with van der Waals surface area (Å²) in [4.78, 5) is 5.53. The molecule has 1 heterocycles. The fraction of sp³-hybridized carbons (Fsp3) is 0. The zero-order chi connectivity index (χ0) is 37.7. The minimum atomic E-state index is 0.907. The fourth-order valence-electron chi connectivity index (χ4n) is 8.71. The summed E-state index contributed by atoms with van der Waals surface area (Å²) < 4.78 is 2.32. The van der Waals surface area contributed by atoms with Crippen LogP contribution in [0.5, 0.6) is 0 Å². The number of nitrogens with zero attached hydrogens (tertiary/aromatic N) is 2. The van der Waals surface area contributed by atoms with Gasteiger partial charge in [-0.15, -0.1) is 0 Å². The Bertz CT molecular complexity index is 3160. The molecule has 0 aliphatic rings. The van der Waals surface area contributed by atoms with Crippen LogP contribution in [0.3, 0.4) is 0 Å². The van der Waals surface area contributed by atoms with Crippen molar-refractivity contribution in [2.24, 2.45) is 0 Å². The molecule has 11 rings (SSSR count). The second kappa shape index (κ2) is 13.6. The lowest BCUT2D eigenvalue weighted by atomic mass is 9.85. The Morgan fingerprint density at radius 2 is 0.754 bits per heavy atom. The lowest BCUT2D eigenvalue weighted by Crippen LogP contribution is -1.98. The van der Waals surface area contributed by atoms with E-state index in [4.69, 9.17) is 4.98 Å². The van der Waals surface area contributed by atoms with Gasteiger partial charge in [0.1, 0.15) is 5.82 Å². The highest BCUT2D eigenvalue weighted by Gasteiger charge is 2.20. The van der Waals surface area contributed by atoms with Crippen LogP contribution in [0.25, 0.3) is 105 Å². The van der Waals surface area contributed by atoms with Gasteiger partial charge in [0, 0.05) is 11.3 Å². The maximum Gasteiger partial charge on any atom is 0.145 e. The summed E-state index contributed by atoms with van der Waals surface area (Å²) in [5.74, 6) is 0.907. The first-order valence-electron chi connectivity index (χ1n) is 19.5. The molecule has 0 atom stereocenters. The highest BCUT2D eigenvalue weighted by molar-refractivity contribution is 6.22. The topological polar surface area (TPSA) is 17.8 Å². The number of para-hydroxylation sites is 1. The van der Waals surface area contributed by atoms with Gasteiger partial charge in [-0.3, -0.25) is 4.57 Å². The fourth-order valence-corrected chi connectivity index (χ4v) is 8.71. The monoisotopic (exact) mass is 724 g/mol. The molecule has 1 aromatic heterocycles. The first kappa shape index (κ1) is 32.8. The van der Waals surface area contributed by atoms with Gasteiger partial charge in [-0.2, -0.15) is 0 Å². The average molecular weight is 725 g/mol. The first-order chi connectivity index (χ1) is 28.3. The quantitative estimate of drug-likeness (QED) is 0.156. The third-order valence-electron chi connectivity index (χ3n) is 11.3. The van der Waals surface area contributed by atoms with Crippen LogP contribution in [0, 0.1) is 0 Å². The van der Waals surface area contributed by atoms with Gasteiger partial charge in [-0.05, 0) is 125 Å². The molecule has 11 aromatic rings. The highest BCUT2D eigenvalue weighted by atomic mass is 15.1. The predicted molar refractivity (Wildman–Crippen MR) is 241 cm³/mol. The number of aromatic nitrogens is 2. The summed E-state index contributed by atoms with van der Waals surface area (Å²) in [7, 11) is 0. The highest BCUT2D eigenvalue weighted by Crippen LogP contribution is 2.45. The van der Waals surface area contributed by atoms with E-state index in [2.05, 4.69) is 223 Å². The van der Waals surface area contributed by atoms with E-state index in [1.807, 2.05) is 0 Å². The molecule has 57 heavy (non-hydrogen) atoms. The van der Waals surface area contributed by atoms with E-state index in [0.717, 1.165) is 44.8 Å². The van der Waals surface area contributed by atoms with Crippen LogP contribution in [0.15, 0.2) is 218 Å². The molecule has 0 bridgehead atoms. The Balaban J connectivity index is 1.15. The largest absolute Gasteiger partial charge is 0.292 e. The van der Waals surface area contributed by atoms with Crippen LogP contribution >= 0.6 is 0 Å². The zero-order valence-electron chi connectivity index (χ0n) is 31.2. The minimum Gasteiger partial charge on any atom is -0.292 e. The molecular formula is C55H36N2.